The standard InChI is InChI=1S/C22H27N5O6S/c1-4-22(17-8-6-5-7-9-17)20(29)27(21(30)23-22)14-18(28)25-10-12-26(13-11-25)34(31,32)19-15(2)24-33-16(19)3/h5-9H,4,10-14H2,1-3H3,(H,23,30). The van der Waals surface area contributed by atoms with Gasteiger partial charge in [-0.25, -0.2) is 13.2 Å². The van der Waals surface area contributed by atoms with Crippen LogP contribution in [-0.4, -0.2) is 78.2 Å². The van der Waals surface area contributed by atoms with Crippen molar-refractivity contribution in [3.8, 4) is 0 Å². The molecule has 0 saturated carbocycles. The number of aryl methyl sites for hydroxylation is 2. The Morgan fingerprint density at radius 3 is 2.32 bits per heavy atom. The zero-order valence-corrected chi connectivity index (χ0v) is 20.1. The number of benzene rings is 1. The number of amides is 4. The molecule has 4 amide bonds. The second-order valence-electron chi connectivity index (χ2n) is 8.38. The van der Waals surface area contributed by atoms with Gasteiger partial charge in [0.2, 0.25) is 15.9 Å². The normalized spacial score (nSPS) is 21.7. The van der Waals surface area contributed by atoms with Gasteiger partial charge in [0, 0.05) is 26.2 Å². The number of piperazine rings is 1. The Morgan fingerprint density at radius 1 is 1.12 bits per heavy atom. The summed E-state index contributed by atoms with van der Waals surface area (Å²) in [5.74, 6) is -0.676. The third-order valence-electron chi connectivity index (χ3n) is 6.42. The summed E-state index contributed by atoms with van der Waals surface area (Å²) in [5.41, 5.74) is -0.268. The number of nitrogens with zero attached hydrogens (tertiary/aromatic N) is 4. The van der Waals surface area contributed by atoms with Crippen LogP contribution < -0.4 is 5.32 Å². The van der Waals surface area contributed by atoms with Gasteiger partial charge in [0.25, 0.3) is 5.91 Å². The highest BCUT2D eigenvalue weighted by Crippen LogP contribution is 2.32. The maximum Gasteiger partial charge on any atom is 0.325 e. The van der Waals surface area contributed by atoms with E-state index in [1.807, 2.05) is 6.07 Å². The Hall–Kier alpha value is -3.25. The van der Waals surface area contributed by atoms with Crippen molar-refractivity contribution < 1.29 is 27.3 Å². The predicted octanol–water partition coefficient (Wildman–Crippen LogP) is 0.982. The quantitative estimate of drug-likeness (QED) is 0.598. The SMILES string of the molecule is CCC1(c2ccccc2)NC(=O)N(CC(=O)N2CCN(S(=O)(=O)c3c(C)noc3C)CC2)C1=O. The number of rotatable bonds is 6. The molecule has 1 aromatic heterocycles. The molecule has 2 aliphatic rings. The maximum absolute atomic E-state index is 13.2. The Bertz CT molecular complexity index is 1200. The molecule has 1 atom stereocenters. The van der Waals surface area contributed by atoms with E-state index in [2.05, 4.69) is 10.5 Å². The summed E-state index contributed by atoms with van der Waals surface area (Å²) in [6.45, 7) is 4.95. The summed E-state index contributed by atoms with van der Waals surface area (Å²) in [7, 11) is -3.81. The number of carbonyl (C=O) groups excluding carboxylic acids is 3. The number of sulfonamides is 1. The summed E-state index contributed by atoms with van der Waals surface area (Å²) in [5, 5.41) is 6.47. The van der Waals surface area contributed by atoms with Crippen molar-refractivity contribution in [2.75, 3.05) is 32.7 Å². The fourth-order valence-electron chi connectivity index (χ4n) is 4.52. The van der Waals surface area contributed by atoms with Crippen molar-refractivity contribution in [2.45, 2.75) is 37.6 Å². The van der Waals surface area contributed by atoms with Crippen molar-refractivity contribution in [3.05, 3.63) is 47.3 Å². The van der Waals surface area contributed by atoms with Gasteiger partial charge in [-0.2, -0.15) is 4.31 Å². The summed E-state index contributed by atoms with van der Waals surface area (Å²) in [6.07, 6.45) is 0.338. The Labute approximate surface area is 197 Å². The molecule has 2 aliphatic heterocycles. The van der Waals surface area contributed by atoms with Crippen molar-refractivity contribution in [1.29, 1.82) is 0 Å². The van der Waals surface area contributed by atoms with Gasteiger partial charge in [0.1, 0.15) is 22.7 Å². The van der Waals surface area contributed by atoms with Gasteiger partial charge >= 0.3 is 6.03 Å². The molecular weight excluding hydrogens is 462 g/mol. The zero-order valence-electron chi connectivity index (χ0n) is 19.3. The molecule has 0 spiro atoms. The fourth-order valence-corrected chi connectivity index (χ4v) is 6.23. The number of hydrogen-bond acceptors (Lipinski definition) is 7. The molecule has 0 aliphatic carbocycles. The summed E-state index contributed by atoms with van der Waals surface area (Å²) in [4.78, 5) is 41.3. The third kappa shape index (κ3) is 3.86. The molecule has 1 aromatic carbocycles. The lowest BCUT2D eigenvalue weighted by Gasteiger charge is -2.34. The predicted molar refractivity (Wildman–Crippen MR) is 120 cm³/mol. The molecule has 12 heteroatoms. The van der Waals surface area contributed by atoms with Crippen molar-refractivity contribution in [1.82, 2.24) is 24.6 Å². The molecule has 3 heterocycles. The molecule has 1 unspecified atom stereocenters. The first-order chi connectivity index (χ1) is 16.1. The number of aromatic nitrogens is 1. The van der Waals surface area contributed by atoms with E-state index < -0.39 is 40.0 Å². The van der Waals surface area contributed by atoms with Crippen LogP contribution in [0.1, 0.15) is 30.4 Å². The van der Waals surface area contributed by atoms with Gasteiger partial charge < -0.3 is 14.7 Å². The smallest absolute Gasteiger partial charge is 0.325 e. The molecule has 1 N–H and O–H groups in total. The first kappa shape index (κ1) is 23.9. The van der Waals surface area contributed by atoms with Crippen LogP contribution in [0.25, 0.3) is 0 Å². The fraction of sp³-hybridized carbons (Fsp3) is 0.455. The Morgan fingerprint density at radius 2 is 1.76 bits per heavy atom. The highest BCUT2D eigenvalue weighted by molar-refractivity contribution is 7.89. The third-order valence-corrected chi connectivity index (χ3v) is 8.57. The molecular formula is C22H27N5O6S. The number of nitrogens with one attached hydrogen (secondary N) is 1. The average Bonchev–Trinajstić information content (AvgIpc) is 3.30. The lowest BCUT2D eigenvalue weighted by molar-refractivity contribution is -0.139. The number of carbonyl (C=O) groups is 3. The summed E-state index contributed by atoms with van der Waals surface area (Å²) < 4.78 is 32.2. The molecule has 0 bridgehead atoms. The van der Waals surface area contributed by atoms with Crippen LogP contribution in [0, 0.1) is 13.8 Å². The molecule has 0 radical (unpaired) electrons. The van der Waals surface area contributed by atoms with E-state index in [1.165, 1.54) is 16.1 Å². The Balaban J connectivity index is 1.43. The second kappa shape index (κ2) is 8.84. The lowest BCUT2D eigenvalue weighted by Crippen LogP contribution is -2.53. The average molecular weight is 490 g/mol. The molecule has 4 rings (SSSR count). The molecule has 34 heavy (non-hydrogen) atoms. The molecule has 11 nitrogen and oxygen atoms in total. The lowest BCUT2D eigenvalue weighted by atomic mass is 9.87. The van der Waals surface area contributed by atoms with Crippen LogP contribution in [0.4, 0.5) is 4.79 Å². The summed E-state index contributed by atoms with van der Waals surface area (Å²) >= 11 is 0. The van der Waals surface area contributed by atoms with E-state index >= 15 is 0 Å². The van der Waals surface area contributed by atoms with Crippen molar-refractivity contribution >= 4 is 27.9 Å². The molecule has 2 aromatic rings. The molecule has 2 fully saturated rings. The van der Waals surface area contributed by atoms with Crippen LogP contribution in [0.2, 0.25) is 0 Å². The maximum atomic E-state index is 13.2. The van der Waals surface area contributed by atoms with Crippen LogP contribution >= 0.6 is 0 Å². The number of urea groups is 1. The van der Waals surface area contributed by atoms with E-state index in [0.29, 0.717) is 12.0 Å². The zero-order chi connectivity index (χ0) is 24.7. The summed E-state index contributed by atoms with van der Waals surface area (Å²) in [6, 6.07) is 8.31. The first-order valence-electron chi connectivity index (χ1n) is 11.0. The van der Waals surface area contributed by atoms with E-state index in [9.17, 15) is 22.8 Å². The van der Waals surface area contributed by atoms with Crippen LogP contribution in [0.5, 0.6) is 0 Å². The van der Waals surface area contributed by atoms with Crippen LogP contribution in [0.15, 0.2) is 39.8 Å². The highest BCUT2D eigenvalue weighted by Gasteiger charge is 2.51. The van der Waals surface area contributed by atoms with Gasteiger partial charge in [-0.3, -0.25) is 14.5 Å². The van der Waals surface area contributed by atoms with Crippen molar-refractivity contribution in [2.24, 2.45) is 0 Å². The minimum absolute atomic E-state index is 0.0448. The molecule has 2 saturated heterocycles. The monoisotopic (exact) mass is 489 g/mol. The van der Waals surface area contributed by atoms with Gasteiger partial charge in [0.15, 0.2) is 5.76 Å². The minimum Gasteiger partial charge on any atom is -0.360 e. The topological polar surface area (TPSA) is 133 Å². The minimum atomic E-state index is -3.81. The highest BCUT2D eigenvalue weighted by atomic mass is 32.2. The van der Waals surface area contributed by atoms with E-state index in [4.69, 9.17) is 4.52 Å². The van der Waals surface area contributed by atoms with Crippen LogP contribution in [0.3, 0.4) is 0 Å². The molecule has 182 valence electrons. The van der Waals surface area contributed by atoms with Gasteiger partial charge in [-0.15, -0.1) is 0 Å². The van der Waals surface area contributed by atoms with Crippen molar-refractivity contribution in [3.63, 3.8) is 0 Å². The van der Waals surface area contributed by atoms with Crippen LogP contribution in [-0.2, 0) is 25.2 Å². The van der Waals surface area contributed by atoms with E-state index in [1.54, 1.807) is 38.1 Å². The first-order valence-corrected chi connectivity index (χ1v) is 12.5. The van der Waals surface area contributed by atoms with Gasteiger partial charge in [-0.05, 0) is 25.8 Å². The second-order valence-corrected chi connectivity index (χ2v) is 10.3. The Kier molecular flexibility index (Phi) is 6.21. The number of imide groups is 1. The number of hydrogen-bond donors (Lipinski definition) is 1. The van der Waals surface area contributed by atoms with Gasteiger partial charge in [0.05, 0.1) is 0 Å². The van der Waals surface area contributed by atoms with E-state index in [-0.39, 0.29) is 42.5 Å². The largest absolute Gasteiger partial charge is 0.360 e. The van der Waals surface area contributed by atoms with Gasteiger partial charge in [-0.1, -0.05) is 42.4 Å². The van der Waals surface area contributed by atoms with E-state index in [0.717, 1.165) is 4.90 Å².